The van der Waals surface area contributed by atoms with Crippen LogP contribution in [0.1, 0.15) is 22.3 Å². The Bertz CT molecular complexity index is 4360. The second-order valence-electron chi connectivity index (χ2n) is 20.0. The van der Waals surface area contributed by atoms with E-state index in [0.29, 0.717) is 0 Å². The zero-order chi connectivity index (χ0) is 48.5. The Morgan fingerprint density at radius 2 is 0.824 bits per heavy atom. The summed E-state index contributed by atoms with van der Waals surface area (Å²) in [6, 6.07) is 101. The molecular formula is C71H45N3. The molecule has 74 heavy (non-hydrogen) atoms. The summed E-state index contributed by atoms with van der Waals surface area (Å²) in [5.41, 5.74) is 25.2. The van der Waals surface area contributed by atoms with Crippen LogP contribution in [-0.4, -0.2) is 4.57 Å². The predicted molar refractivity (Wildman–Crippen MR) is 308 cm³/mol. The zero-order valence-corrected chi connectivity index (χ0v) is 40.3. The number of fused-ring (bicyclic) bond motifs is 15. The molecule has 0 bridgehead atoms. The third-order valence-corrected chi connectivity index (χ3v) is 16.3. The van der Waals surface area contributed by atoms with Gasteiger partial charge in [-0.3, -0.25) is 0 Å². The van der Waals surface area contributed by atoms with Crippen LogP contribution in [0, 0.1) is 0 Å². The first kappa shape index (κ1) is 41.0. The predicted octanol–water partition coefficient (Wildman–Crippen LogP) is 18.9. The summed E-state index contributed by atoms with van der Waals surface area (Å²) in [6.07, 6.45) is 0. The van der Waals surface area contributed by atoms with Gasteiger partial charge in [-0.2, -0.15) is 0 Å². The standard InChI is InChI=1S/C71H45N3/c1-3-19-49(20-4-1)73-66-31-14-10-26-58(66)61-44-52(39-42-67(61)73)72(53-38-41-57-56-25-9-13-30-64(56)71(65(57)45-53)62-28-11-7-23-54(62)55-24-8-12-29-63(55)71)51-36-33-46(34-37-51)48-35-40-59-60-27-15-17-47-18-16-32-68(70(47)60)74(69(59)43-48)50-21-5-2-6-22-50/h1-45H. The van der Waals surface area contributed by atoms with E-state index in [2.05, 4.69) is 287 Å². The van der Waals surface area contributed by atoms with Crippen molar-refractivity contribution in [3.63, 3.8) is 0 Å². The Labute approximate surface area is 429 Å². The fourth-order valence-corrected chi connectivity index (χ4v) is 13.3. The first-order valence-corrected chi connectivity index (χ1v) is 25.7. The van der Waals surface area contributed by atoms with E-state index < -0.39 is 5.41 Å². The highest BCUT2D eigenvalue weighted by Gasteiger charge is 2.51. The molecule has 1 aliphatic heterocycles. The molecule has 13 aromatic rings. The molecule has 1 spiro atoms. The van der Waals surface area contributed by atoms with Crippen LogP contribution in [0.4, 0.5) is 34.1 Å². The van der Waals surface area contributed by atoms with Crippen molar-refractivity contribution in [1.82, 2.24) is 4.57 Å². The molecule has 1 aromatic heterocycles. The molecule has 2 aliphatic carbocycles. The van der Waals surface area contributed by atoms with Gasteiger partial charge in [0, 0.05) is 50.2 Å². The van der Waals surface area contributed by atoms with E-state index in [1.165, 1.54) is 105 Å². The van der Waals surface area contributed by atoms with E-state index >= 15 is 0 Å². The zero-order valence-electron chi connectivity index (χ0n) is 40.3. The molecule has 0 amide bonds. The summed E-state index contributed by atoms with van der Waals surface area (Å²) >= 11 is 0. The van der Waals surface area contributed by atoms with Crippen LogP contribution < -0.4 is 9.80 Å². The van der Waals surface area contributed by atoms with Crippen molar-refractivity contribution in [3.8, 4) is 50.2 Å². The highest BCUT2D eigenvalue weighted by Crippen LogP contribution is 2.63. The van der Waals surface area contributed by atoms with E-state index in [-0.39, 0.29) is 0 Å². The highest BCUT2D eigenvalue weighted by atomic mass is 15.2. The van der Waals surface area contributed by atoms with Gasteiger partial charge in [0.1, 0.15) is 0 Å². The van der Waals surface area contributed by atoms with Gasteiger partial charge >= 0.3 is 0 Å². The Balaban J connectivity index is 0.891. The molecule has 0 N–H and O–H groups in total. The lowest BCUT2D eigenvalue weighted by atomic mass is 9.70. The van der Waals surface area contributed by atoms with Crippen LogP contribution in [0.2, 0.25) is 0 Å². The van der Waals surface area contributed by atoms with E-state index in [0.717, 1.165) is 34.0 Å². The quantitative estimate of drug-likeness (QED) is 0.165. The topological polar surface area (TPSA) is 11.4 Å². The van der Waals surface area contributed by atoms with Crippen LogP contribution in [-0.2, 0) is 5.41 Å². The van der Waals surface area contributed by atoms with Gasteiger partial charge in [0.25, 0.3) is 0 Å². The van der Waals surface area contributed by atoms with Gasteiger partial charge < -0.3 is 14.4 Å². The number of hydrogen-bond donors (Lipinski definition) is 0. The van der Waals surface area contributed by atoms with Gasteiger partial charge in [-0.25, -0.2) is 0 Å². The molecule has 3 aliphatic rings. The molecule has 0 saturated heterocycles. The third-order valence-electron chi connectivity index (χ3n) is 16.3. The van der Waals surface area contributed by atoms with Crippen molar-refractivity contribution in [3.05, 3.63) is 295 Å². The molecule has 3 nitrogen and oxygen atoms in total. The molecule has 344 valence electrons. The van der Waals surface area contributed by atoms with E-state index in [1.54, 1.807) is 0 Å². The maximum atomic E-state index is 2.50. The first-order chi connectivity index (χ1) is 36.7. The van der Waals surface area contributed by atoms with Crippen molar-refractivity contribution >= 4 is 66.7 Å². The molecule has 0 atom stereocenters. The van der Waals surface area contributed by atoms with E-state index in [9.17, 15) is 0 Å². The van der Waals surface area contributed by atoms with Crippen molar-refractivity contribution < 1.29 is 0 Å². The summed E-state index contributed by atoms with van der Waals surface area (Å²) in [4.78, 5) is 4.92. The summed E-state index contributed by atoms with van der Waals surface area (Å²) in [6.45, 7) is 0. The average molecular weight is 940 g/mol. The fraction of sp³-hybridized carbons (Fsp3) is 0.0141. The SMILES string of the molecule is c1ccc(N2c3cc(-c4ccc(N(c5ccc6c(c5)C5(c7ccccc7-c7ccccc75)c5ccccc5-6)c5ccc6c(c5)c5ccccc5n6-c5ccccc5)cc4)ccc3-c3cccc4cccc2c34)cc1. The van der Waals surface area contributed by atoms with Crippen molar-refractivity contribution in [2.75, 3.05) is 9.80 Å². The smallest absolute Gasteiger partial charge is 0.0726 e. The lowest BCUT2D eigenvalue weighted by molar-refractivity contribution is 0.793. The largest absolute Gasteiger partial charge is 0.310 e. The Morgan fingerprint density at radius 3 is 1.54 bits per heavy atom. The van der Waals surface area contributed by atoms with E-state index in [1.807, 2.05) is 0 Å². The molecule has 16 rings (SSSR count). The number of rotatable bonds is 6. The minimum atomic E-state index is -0.468. The summed E-state index contributed by atoms with van der Waals surface area (Å²) < 4.78 is 2.40. The summed E-state index contributed by atoms with van der Waals surface area (Å²) in [7, 11) is 0. The third kappa shape index (κ3) is 5.66. The molecule has 0 saturated carbocycles. The number of anilines is 6. The fourth-order valence-electron chi connectivity index (χ4n) is 13.3. The average Bonchev–Trinajstić information content (AvgIpc) is 4.14. The molecular weight excluding hydrogens is 895 g/mol. The first-order valence-electron chi connectivity index (χ1n) is 25.7. The van der Waals surface area contributed by atoms with Crippen LogP contribution >= 0.6 is 0 Å². The normalized spacial score (nSPS) is 13.2. The second-order valence-corrected chi connectivity index (χ2v) is 20.0. The molecule has 3 heteroatoms. The number of hydrogen-bond acceptors (Lipinski definition) is 2. The van der Waals surface area contributed by atoms with Gasteiger partial charge in [0.05, 0.1) is 27.8 Å². The number of aromatic nitrogens is 1. The van der Waals surface area contributed by atoms with Crippen molar-refractivity contribution in [2.45, 2.75) is 5.41 Å². The lowest BCUT2D eigenvalue weighted by Crippen LogP contribution is -2.26. The molecule has 12 aromatic carbocycles. The van der Waals surface area contributed by atoms with Crippen molar-refractivity contribution in [2.24, 2.45) is 0 Å². The van der Waals surface area contributed by atoms with Gasteiger partial charge in [-0.05, 0) is 152 Å². The second kappa shape index (κ2) is 15.6. The van der Waals surface area contributed by atoms with Gasteiger partial charge in [-0.15, -0.1) is 0 Å². The number of para-hydroxylation sites is 3. The van der Waals surface area contributed by atoms with Crippen molar-refractivity contribution in [1.29, 1.82) is 0 Å². The Hall–Kier alpha value is -9.70. The molecule has 0 fully saturated rings. The summed E-state index contributed by atoms with van der Waals surface area (Å²) in [5, 5.41) is 4.97. The monoisotopic (exact) mass is 939 g/mol. The van der Waals surface area contributed by atoms with Crippen LogP contribution in [0.25, 0.3) is 82.8 Å². The highest BCUT2D eigenvalue weighted by molar-refractivity contribution is 6.14. The number of benzene rings is 12. The van der Waals surface area contributed by atoms with E-state index in [4.69, 9.17) is 0 Å². The van der Waals surface area contributed by atoms with Gasteiger partial charge in [-0.1, -0.05) is 188 Å². The Morgan fingerprint density at radius 1 is 0.297 bits per heavy atom. The summed E-state index contributed by atoms with van der Waals surface area (Å²) in [5.74, 6) is 0. The minimum absolute atomic E-state index is 0.468. The minimum Gasteiger partial charge on any atom is -0.310 e. The Kier molecular flexibility index (Phi) is 8.66. The molecule has 0 unspecified atom stereocenters. The number of nitrogens with zero attached hydrogens (tertiary/aromatic N) is 3. The maximum absolute atomic E-state index is 2.50. The van der Waals surface area contributed by atoms with Crippen LogP contribution in [0.5, 0.6) is 0 Å². The maximum Gasteiger partial charge on any atom is 0.0726 e. The molecule has 2 heterocycles. The van der Waals surface area contributed by atoms with Gasteiger partial charge in [0.15, 0.2) is 0 Å². The van der Waals surface area contributed by atoms with Gasteiger partial charge in [0.2, 0.25) is 0 Å². The molecule has 0 radical (unpaired) electrons. The van der Waals surface area contributed by atoms with Crippen LogP contribution in [0.3, 0.4) is 0 Å². The van der Waals surface area contributed by atoms with Crippen LogP contribution in [0.15, 0.2) is 273 Å². The lowest BCUT2D eigenvalue weighted by Gasteiger charge is -2.34.